The van der Waals surface area contributed by atoms with Crippen molar-refractivity contribution in [2.75, 3.05) is 49.6 Å². The number of carbonyl (C=O) groups is 1. The molecule has 2 saturated heterocycles. The molecule has 9 nitrogen and oxygen atoms in total. The molecule has 0 atom stereocenters. The molecule has 0 bridgehead atoms. The smallest absolute Gasteiger partial charge is 0.230 e. The monoisotopic (exact) mass is 515 g/mol. The fourth-order valence-corrected chi connectivity index (χ4v) is 7.28. The van der Waals surface area contributed by atoms with E-state index < -0.39 is 0 Å². The van der Waals surface area contributed by atoms with Crippen LogP contribution in [0.5, 0.6) is 0 Å². The molecule has 200 valence electrons. The number of piperidine rings is 1. The first-order valence-corrected chi connectivity index (χ1v) is 14.4. The molecule has 4 aliphatic rings. The predicted octanol–water partition coefficient (Wildman–Crippen LogP) is 4.05. The van der Waals surface area contributed by atoms with Gasteiger partial charge in [-0.3, -0.25) is 9.69 Å². The van der Waals surface area contributed by atoms with Gasteiger partial charge in [0.05, 0.1) is 30.6 Å². The molecule has 9 heteroatoms. The van der Waals surface area contributed by atoms with Gasteiger partial charge in [0, 0.05) is 62.3 Å². The van der Waals surface area contributed by atoms with Crippen LogP contribution in [-0.2, 0) is 21.5 Å². The Labute approximate surface area is 223 Å². The second-order valence-electron chi connectivity index (χ2n) is 11.5. The summed E-state index contributed by atoms with van der Waals surface area (Å²) >= 11 is 0. The SMILES string of the molecule is O=C1Cc2cc3cnc(Nc4ccc(N5CCC(N6CCOCC6)CC5)cn4)nc3n2C2(CCCCC2)C1. The van der Waals surface area contributed by atoms with Crippen LogP contribution in [0.4, 0.5) is 17.5 Å². The summed E-state index contributed by atoms with van der Waals surface area (Å²) in [5, 5.41) is 4.33. The molecule has 3 aromatic rings. The third-order valence-corrected chi connectivity index (χ3v) is 9.16. The van der Waals surface area contributed by atoms with Crippen molar-refractivity contribution >= 4 is 34.3 Å². The number of fused-ring (bicyclic) bond motifs is 4. The van der Waals surface area contributed by atoms with Crippen molar-refractivity contribution in [2.45, 2.75) is 69.4 Å². The lowest BCUT2D eigenvalue weighted by molar-refractivity contribution is -0.122. The maximum absolute atomic E-state index is 12.6. The molecule has 0 amide bonds. The van der Waals surface area contributed by atoms with Crippen LogP contribution in [0, 0.1) is 0 Å². The van der Waals surface area contributed by atoms with Crippen LogP contribution in [0.15, 0.2) is 30.6 Å². The number of hydrogen-bond donors (Lipinski definition) is 1. The number of rotatable bonds is 4. The average Bonchev–Trinajstić information content (AvgIpc) is 3.33. The summed E-state index contributed by atoms with van der Waals surface area (Å²) in [6.07, 6.45) is 13.0. The molecule has 1 saturated carbocycles. The van der Waals surface area contributed by atoms with Crippen LogP contribution >= 0.6 is 0 Å². The van der Waals surface area contributed by atoms with Gasteiger partial charge < -0.3 is 19.5 Å². The van der Waals surface area contributed by atoms with Gasteiger partial charge in [-0.15, -0.1) is 0 Å². The minimum atomic E-state index is -0.120. The molecule has 0 radical (unpaired) electrons. The number of ether oxygens (including phenoxy) is 1. The molecule has 38 heavy (non-hydrogen) atoms. The van der Waals surface area contributed by atoms with E-state index in [0.29, 0.717) is 30.6 Å². The number of Topliss-reactive ketones (excluding diaryl/α,β-unsaturated/α-hetero) is 1. The van der Waals surface area contributed by atoms with Crippen molar-refractivity contribution < 1.29 is 9.53 Å². The van der Waals surface area contributed by atoms with Crippen LogP contribution < -0.4 is 10.2 Å². The van der Waals surface area contributed by atoms with Crippen LogP contribution in [0.1, 0.15) is 57.1 Å². The van der Waals surface area contributed by atoms with Crippen molar-refractivity contribution in [3.63, 3.8) is 0 Å². The Hall–Kier alpha value is -3.04. The quantitative estimate of drug-likeness (QED) is 0.557. The number of nitrogens with zero attached hydrogens (tertiary/aromatic N) is 6. The van der Waals surface area contributed by atoms with E-state index in [1.54, 1.807) is 0 Å². The largest absolute Gasteiger partial charge is 0.379 e. The normalized spacial score (nSPS) is 22.6. The minimum Gasteiger partial charge on any atom is -0.379 e. The maximum atomic E-state index is 12.6. The van der Waals surface area contributed by atoms with Crippen LogP contribution in [0.25, 0.3) is 11.0 Å². The van der Waals surface area contributed by atoms with Gasteiger partial charge in [0.25, 0.3) is 0 Å². The van der Waals surface area contributed by atoms with E-state index in [1.165, 1.54) is 32.1 Å². The van der Waals surface area contributed by atoms with Gasteiger partial charge in [0.2, 0.25) is 5.95 Å². The fraction of sp³-hybridized carbons (Fsp3) is 0.586. The highest BCUT2D eigenvalue weighted by Crippen LogP contribution is 2.44. The number of hydrogen-bond acceptors (Lipinski definition) is 8. The first kappa shape index (κ1) is 24.0. The Morgan fingerprint density at radius 2 is 1.79 bits per heavy atom. The number of pyridine rings is 1. The maximum Gasteiger partial charge on any atom is 0.230 e. The molecule has 3 fully saturated rings. The Morgan fingerprint density at radius 1 is 0.974 bits per heavy atom. The second kappa shape index (κ2) is 9.93. The first-order valence-electron chi connectivity index (χ1n) is 14.4. The van der Waals surface area contributed by atoms with Crippen molar-refractivity contribution in [3.8, 4) is 0 Å². The number of nitrogens with one attached hydrogen (secondary N) is 1. The number of carbonyl (C=O) groups excluding carboxylic acids is 1. The van der Waals surface area contributed by atoms with E-state index in [4.69, 9.17) is 14.7 Å². The summed E-state index contributed by atoms with van der Waals surface area (Å²) in [4.78, 5) is 31.9. The van der Waals surface area contributed by atoms with Crippen LogP contribution in [-0.4, -0.2) is 75.6 Å². The second-order valence-corrected chi connectivity index (χ2v) is 11.5. The Morgan fingerprint density at radius 3 is 2.55 bits per heavy atom. The highest BCUT2D eigenvalue weighted by molar-refractivity contribution is 5.87. The predicted molar refractivity (Wildman–Crippen MR) is 147 cm³/mol. The fourth-order valence-electron chi connectivity index (χ4n) is 7.28. The van der Waals surface area contributed by atoms with Gasteiger partial charge in [-0.1, -0.05) is 19.3 Å². The van der Waals surface area contributed by atoms with E-state index in [1.807, 2.05) is 18.5 Å². The van der Waals surface area contributed by atoms with Gasteiger partial charge in [0.15, 0.2) is 0 Å². The number of ketones is 1. The van der Waals surface area contributed by atoms with Crippen molar-refractivity contribution in [1.82, 2.24) is 24.4 Å². The number of anilines is 3. The Kier molecular flexibility index (Phi) is 6.28. The van der Waals surface area contributed by atoms with Gasteiger partial charge in [0.1, 0.15) is 17.2 Å². The van der Waals surface area contributed by atoms with Crippen molar-refractivity contribution in [1.29, 1.82) is 0 Å². The number of morpholine rings is 1. The number of aromatic nitrogens is 4. The molecule has 0 aromatic carbocycles. The highest BCUT2D eigenvalue weighted by atomic mass is 16.5. The van der Waals surface area contributed by atoms with Crippen molar-refractivity contribution in [3.05, 3.63) is 36.3 Å². The summed E-state index contributed by atoms with van der Waals surface area (Å²) in [6.45, 7) is 5.96. The first-order chi connectivity index (χ1) is 18.7. The summed E-state index contributed by atoms with van der Waals surface area (Å²) in [5.74, 6) is 1.64. The molecule has 1 spiro atoms. The molecule has 7 rings (SSSR count). The molecular formula is C29H37N7O2. The summed E-state index contributed by atoms with van der Waals surface area (Å²) in [5.41, 5.74) is 3.07. The van der Waals surface area contributed by atoms with Crippen LogP contribution in [0.3, 0.4) is 0 Å². The lowest BCUT2D eigenvalue weighted by Gasteiger charge is -2.42. The van der Waals surface area contributed by atoms with E-state index in [-0.39, 0.29) is 5.54 Å². The molecular weight excluding hydrogens is 478 g/mol. The van der Waals surface area contributed by atoms with Gasteiger partial charge in [-0.25, -0.2) is 9.97 Å². The molecule has 3 aliphatic heterocycles. The summed E-state index contributed by atoms with van der Waals surface area (Å²) < 4.78 is 7.90. The third kappa shape index (κ3) is 4.45. The highest BCUT2D eigenvalue weighted by Gasteiger charge is 2.41. The molecule has 1 N–H and O–H groups in total. The van der Waals surface area contributed by atoms with E-state index in [0.717, 1.165) is 80.5 Å². The van der Waals surface area contributed by atoms with Crippen LogP contribution in [0.2, 0.25) is 0 Å². The van der Waals surface area contributed by atoms with E-state index >= 15 is 0 Å². The zero-order chi connectivity index (χ0) is 25.5. The van der Waals surface area contributed by atoms with Gasteiger partial charge in [-0.2, -0.15) is 4.98 Å². The standard InChI is InChI=1S/C29H37N7O2/c37-25-17-24-16-21-19-31-28(33-27(21)36(24)29(18-25)8-2-1-3-9-29)32-26-5-4-23(20-30-26)34-10-6-22(7-11-34)35-12-14-38-15-13-35/h4-5,16,19-20,22H,1-3,6-15,17-18H2,(H,30,31,32,33). The zero-order valence-corrected chi connectivity index (χ0v) is 22.1. The molecule has 1 aliphatic carbocycles. The Bertz CT molecular complexity index is 1300. The van der Waals surface area contributed by atoms with E-state index in [2.05, 4.69) is 36.8 Å². The summed E-state index contributed by atoms with van der Waals surface area (Å²) in [7, 11) is 0. The molecule has 6 heterocycles. The Balaban J connectivity index is 1.06. The molecule has 0 unspecified atom stereocenters. The van der Waals surface area contributed by atoms with Gasteiger partial charge >= 0.3 is 0 Å². The topological polar surface area (TPSA) is 88.4 Å². The lowest BCUT2D eigenvalue weighted by Crippen LogP contribution is -2.49. The third-order valence-electron chi connectivity index (χ3n) is 9.16. The lowest BCUT2D eigenvalue weighted by atomic mass is 9.75. The minimum absolute atomic E-state index is 0.120. The summed E-state index contributed by atoms with van der Waals surface area (Å²) in [6, 6.07) is 6.94. The van der Waals surface area contributed by atoms with Crippen molar-refractivity contribution in [2.24, 2.45) is 0 Å². The van der Waals surface area contributed by atoms with Gasteiger partial charge in [-0.05, 0) is 43.9 Å². The average molecular weight is 516 g/mol. The van der Waals surface area contributed by atoms with E-state index in [9.17, 15) is 4.79 Å². The zero-order valence-electron chi connectivity index (χ0n) is 22.1. The molecule has 3 aromatic heterocycles.